The Hall–Kier alpha value is -3.73. The molecule has 0 saturated carbocycles. The lowest BCUT2D eigenvalue weighted by Crippen LogP contribution is -2.49. The molecule has 1 saturated heterocycles. The Morgan fingerprint density at radius 1 is 0.909 bits per heavy atom. The van der Waals surface area contributed by atoms with Crippen LogP contribution in [0, 0.1) is 0 Å². The summed E-state index contributed by atoms with van der Waals surface area (Å²) in [7, 11) is 0. The van der Waals surface area contributed by atoms with Gasteiger partial charge >= 0.3 is 12.3 Å². The molecule has 33 heavy (non-hydrogen) atoms. The molecule has 2 aromatic heterocycles. The first-order valence-corrected chi connectivity index (χ1v) is 10.1. The van der Waals surface area contributed by atoms with Gasteiger partial charge in [0.1, 0.15) is 11.5 Å². The lowest BCUT2D eigenvalue weighted by atomic mass is 10.3. The summed E-state index contributed by atoms with van der Waals surface area (Å²) in [5, 5.41) is 0. The van der Waals surface area contributed by atoms with Crippen LogP contribution < -0.4 is 9.47 Å². The molecule has 1 fully saturated rings. The van der Waals surface area contributed by atoms with Crippen LogP contribution in [0.3, 0.4) is 0 Å². The third-order valence-electron chi connectivity index (χ3n) is 4.95. The molecule has 1 amide bonds. The van der Waals surface area contributed by atoms with E-state index in [4.69, 9.17) is 9.47 Å². The van der Waals surface area contributed by atoms with Crippen molar-refractivity contribution in [3.8, 4) is 17.4 Å². The van der Waals surface area contributed by atoms with Crippen molar-refractivity contribution in [3.63, 3.8) is 0 Å². The van der Waals surface area contributed by atoms with E-state index >= 15 is 0 Å². The van der Waals surface area contributed by atoms with Crippen molar-refractivity contribution in [3.05, 3.63) is 72.4 Å². The van der Waals surface area contributed by atoms with E-state index in [9.17, 15) is 18.0 Å². The third-order valence-corrected chi connectivity index (χ3v) is 4.95. The van der Waals surface area contributed by atoms with Gasteiger partial charge in [0.25, 0.3) is 0 Å². The molecule has 172 valence electrons. The number of piperazine rings is 1. The van der Waals surface area contributed by atoms with E-state index in [1.165, 1.54) is 0 Å². The number of alkyl halides is 3. The molecule has 0 N–H and O–H groups in total. The van der Waals surface area contributed by atoms with Gasteiger partial charge in [0.2, 0.25) is 5.88 Å². The van der Waals surface area contributed by atoms with E-state index in [1.807, 2.05) is 0 Å². The van der Waals surface area contributed by atoms with Gasteiger partial charge in [-0.1, -0.05) is 0 Å². The van der Waals surface area contributed by atoms with Crippen molar-refractivity contribution in [2.24, 2.45) is 0 Å². The molecule has 1 aromatic carbocycles. The molecule has 4 rings (SSSR count). The average Bonchev–Trinajstić information content (AvgIpc) is 2.81. The number of ether oxygens (including phenoxy) is 2. The van der Waals surface area contributed by atoms with Gasteiger partial charge in [-0.3, -0.25) is 14.9 Å². The van der Waals surface area contributed by atoms with Crippen LogP contribution >= 0.6 is 0 Å². The van der Waals surface area contributed by atoms with E-state index < -0.39 is 17.8 Å². The fourth-order valence-electron chi connectivity index (χ4n) is 3.20. The van der Waals surface area contributed by atoms with Crippen LogP contribution in [0.4, 0.5) is 18.0 Å². The van der Waals surface area contributed by atoms with Gasteiger partial charge in [-0.2, -0.15) is 13.2 Å². The van der Waals surface area contributed by atoms with Gasteiger partial charge in [-0.25, -0.2) is 9.78 Å². The smallest absolute Gasteiger partial charge is 0.417 e. The van der Waals surface area contributed by atoms with E-state index in [2.05, 4.69) is 19.9 Å². The highest BCUT2D eigenvalue weighted by Gasteiger charge is 2.30. The highest BCUT2D eigenvalue weighted by Crippen LogP contribution is 2.30. The molecule has 0 aliphatic carbocycles. The predicted molar refractivity (Wildman–Crippen MR) is 111 cm³/mol. The first-order chi connectivity index (χ1) is 15.9. The maximum atomic E-state index is 12.6. The van der Waals surface area contributed by atoms with Crippen LogP contribution in [0.1, 0.15) is 11.3 Å². The topological polar surface area (TPSA) is 80.7 Å². The highest BCUT2D eigenvalue weighted by molar-refractivity contribution is 5.70. The summed E-state index contributed by atoms with van der Waals surface area (Å²) in [5.74, 6) is 0.696. The fraction of sp³-hybridized carbons (Fsp3) is 0.273. The van der Waals surface area contributed by atoms with Crippen LogP contribution in [-0.4, -0.2) is 57.0 Å². The van der Waals surface area contributed by atoms with Crippen LogP contribution in [0.15, 0.2) is 61.2 Å². The van der Waals surface area contributed by atoms with Crippen LogP contribution in [-0.2, 0) is 12.7 Å². The number of aromatic nitrogens is 3. The lowest BCUT2D eigenvalue weighted by molar-refractivity contribution is -0.137. The molecular weight excluding hydrogens is 439 g/mol. The molecule has 3 aromatic rings. The minimum atomic E-state index is -4.46. The minimum absolute atomic E-state index is 0.0205. The van der Waals surface area contributed by atoms with Crippen molar-refractivity contribution in [2.45, 2.75) is 12.7 Å². The maximum absolute atomic E-state index is 12.6. The van der Waals surface area contributed by atoms with Gasteiger partial charge in [0.05, 0.1) is 11.3 Å². The SMILES string of the molecule is O=C(Oc1ccc(Oc2ccc(C(F)(F)F)cn2)cc1)N1CCN(Cc2cnccn2)CC1. The summed E-state index contributed by atoms with van der Waals surface area (Å²) in [6, 6.07) is 8.21. The van der Waals surface area contributed by atoms with Crippen LogP contribution in [0.2, 0.25) is 0 Å². The number of rotatable bonds is 5. The highest BCUT2D eigenvalue weighted by atomic mass is 19.4. The van der Waals surface area contributed by atoms with E-state index in [0.29, 0.717) is 50.4 Å². The molecule has 1 aliphatic rings. The quantitative estimate of drug-likeness (QED) is 0.571. The standard InChI is InChI=1S/C22H20F3N5O3/c23-22(24,25)16-1-6-20(28-13-16)32-18-2-4-19(5-3-18)33-21(31)30-11-9-29(10-12-30)15-17-14-26-7-8-27-17/h1-8,13-14H,9-12,15H2. The molecule has 0 unspecified atom stereocenters. The predicted octanol–water partition coefficient (Wildman–Crippen LogP) is 4.00. The monoisotopic (exact) mass is 459 g/mol. The fourth-order valence-corrected chi connectivity index (χ4v) is 3.20. The summed E-state index contributed by atoms with van der Waals surface area (Å²) < 4.78 is 48.7. The molecule has 0 radical (unpaired) electrons. The van der Waals surface area contributed by atoms with Crippen LogP contribution in [0.25, 0.3) is 0 Å². The zero-order valence-electron chi connectivity index (χ0n) is 17.4. The Balaban J connectivity index is 1.25. The largest absolute Gasteiger partial charge is 0.439 e. The number of nitrogens with zero attached hydrogens (tertiary/aromatic N) is 5. The molecule has 0 spiro atoms. The number of carbonyl (C=O) groups is 1. The molecule has 11 heteroatoms. The summed E-state index contributed by atoms with van der Waals surface area (Å²) in [6.07, 6.45) is 0.800. The normalized spacial score (nSPS) is 14.7. The number of benzene rings is 1. The van der Waals surface area contributed by atoms with Gasteiger partial charge in [-0.15, -0.1) is 0 Å². The van der Waals surface area contributed by atoms with Gasteiger partial charge in [0, 0.05) is 63.6 Å². The Bertz CT molecular complexity index is 1060. The minimum Gasteiger partial charge on any atom is -0.439 e. The Labute approximate surface area is 187 Å². The van der Waals surface area contributed by atoms with Gasteiger partial charge < -0.3 is 14.4 Å². The number of pyridine rings is 1. The maximum Gasteiger partial charge on any atom is 0.417 e. The second kappa shape index (κ2) is 9.82. The zero-order chi connectivity index (χ0) is 23.3. The number of carbonyl (C=O) groups excluding carboxylic acids is 1. The summed E-state index contributed by atoms with van der Waals surface area (Å²) in [4.78, 5) is 28.2. The average molecular weight is 459 g/mol. The number of amides is 1. The summed E-state index contributed by atoms with van der Waals surface area (Å²) >= 11 is 0. The molecule has 3 heterocycles. The second-order valence-corrected chi connectivity index (χ2v) is 7.28. The lowest BCUT2D eigenvalue weighted by Gasteiger charge is -2.33. The summed E-state index contributed by atoms with van der Waals surface area (Å²) in [5.41, 5.74) is 0.0222. The third kappa shape index (κ3) is 6.16. The van der Waals surface area contributed by atoms with Crippen molar-refractivity contribution < 1.29 is 27.4 Å². The Morgan fingerprint density at radius 3 is 2.24 bits per heavy atom. The first kappa shape index (κ1) is 22.5. The number of hydrogen-bond donors (Lipinski definition) is 0. The molecule has 1 aliphatic heterocycles. The first-order valence-electron chi connectivity index (χ1n) is 10.1. The molecular formula is C22H20F3N5O3. The van der Waals surface area contributed by atoms with E-state index in [1.54, 1.807) is 47.8 Å². The molecule has 8 nitrogen and oxygen atoms in total. The number of hydrogen-bond acceptors (Lipinski definition) is 7. The van der Waals surface area contributed by atoms with Crippen molar-refractivity contribution in [1.29, 1.82) is 0 Å². The zero-order valence-corrected chi connectivity index (χ0v) is 17.4. The van der Waals surface area contributed by atoms with Crippen LogP contribution in [0.5, 0.6) is 17.4 Å². The number of halogens is 3. The summed E-state index contributed by atoms with van der Waals surface area (Å²) in [6.45, 7) is 3.11. The van der Waals surface area contributed by atoms with E-state index in [-0.39, 0.29) is 5.88 Å². The van der Waals surface area contributed by atoms with Crippen molar-refractivity contribution >= 4 is 6.09 Å². The van der Waals surface area contributed by atoms with E-state index in [0.717, 1.165) is 17.8 Å². The van der Waals surface area contributed by atoms with Crippen molar-refractivity contribution in [1.82, 2.24) is 24.8 Å². The Morgan fingerprint density at radius 2 is 1.64 bits per heavy atom. The molecule has 0 atom stereocenters. The van der Waals surface area contributed by atoms with Crippen molar-refractivity contribution in [2.75, 3.05) is 26.2 Å². The molecule has 0 bridgehead atoms. The Kier molecular flexibility index (Phi) is 6.68. The van der Waals surface area contributed by atoms with Gasteiger partial charge in [0.15, 0.2) is 0 Å². The second-order valence-electron chi connectivity index (χ2n) is 7.28. The van der Waals surface area contributed by atoms with Gasteiger partial charge in [-0.05, 0) is 30.3 Å².